The maximum Gasteiger partial charge on any atom is 0.223 e. The van der Waals surface area contributed by atoms with Crippen molar-refractivity contribution in [2.75, 3.05) is 10.0 Å². The molecule has 0 saturated heterocycles. The van der Waals surface area contributed by atoms with Crippen LogP contribution in [0.2, 0.25) is 5.02 Å². The van der Waals surface area contributed by atoms with E-state index in [2.05, 4.69) is 30.2 Å². The summed E-state index contributed by atoms with van der Waals surface area (Å²) in [5.74, 6) is 1.45. The standard InChI is InChI=1S/C18H15ClN6O2S/c1-10-15(21-18-12-7-3-5-9-14(12)23-24-18)20-17(22-16(10)25-28(26)27)11-6-2-4-8-13(11)19/h2-9,28H,1H3,(H3,20,21,22,23,24,25,26,27). The molecule has 0 aliphatic heterocycles. The van der Waals surface area contributed by atoms with Crippen molar-refractivity contribution < 1.29 is 8.42 Å². The molecule has 4 aromatic rings. The van der Waals surface area contributed by atoms with Crippen LogP contribution in [0.5, 0.6) is 0 Å². The normalized spacial score (nSPS) is 11.1. The Hall–Kier alpha value is -3.17. The number of anilines is 3. The molecule has 8 nitrogen and oxygen atoms in total. The van der Waals surface area contributed by atoms with Gasteiger partial charge in [-0.3, -0.25) is 9.82 Å². The average molecular weight is 415 g/mol. The van der Waals surface area contributed by atoms with Gasteiger partial charge in [-0.15, -0.1) is 0 Å². The number of hydrogen-bond acceptors (Lipinski definition) is 6. The largest absolute Gasteiger partial charge is 0.323 e. The van der Waals surface area contributed by atoms with E-state index in [4.69, 9.17) is 11.6 Å². The number of aromatic amines is 1. The third-order valence-electron chi connectivity index (χ3n) is 4.16. The van der Waals surface area contributed by atoms with E-state index in [-0.39, 0.29) is 11.6 Å². The Morgan fingerprint density at radius 1 is 0.964 bits per heavy atom. The Balaban J connectivity index is 1.85. The fourth-order valence-electron chi connectivity index (χ4n) is 2.77. The zero-order valence-electron chi connectivity index (χ0n) is 14.6. The van der Waals surface area contributed by atoms with Crippen LogP contribution >= 0.6 is 11.6 Å². The van der Waals surface area contributed by atoms with Gasteiger partial charge in [0.1, 0.15) is 11.6 Å². The molecule has 0 bridgehead atoms. The van der Waals surface area contributed by atoms with Gasteiger partial charge in [-0.1, -0.05) is 35.9 Å². The number of thiol groups is 1. The lowest BCUT2D eigenvalue weighted by atomic mass is 10.2. The highest BCUT2D eigenvalue weighted by Crippen LogP contribution is 2.31. The fourth-order valence-corrected chi connectivity index (χ4v) is 3.38. The summed E-state index contributed by atoms with van der Waals surface area (Å²) in [7, 11) is -2.90. The number of hydrogen-bond donors (Lipinski definition) is 4. The first-order chi connectivity index (χ1) is 13.5. The first-order valence-corrected chi connectivity index (χ1v) is 9.83. The minimum Gasteiger partial charge on any atom is -0.323 e. The van der Waals surface area contributed by atoms with Gasteiger partial charge in [-0.2, -0.15) is 5.10 Å². The Kier molecular flexibility index (Phi) is 4.84. The lowest BCUT2D eigenvalue weighted by Crippen LogP contribution is -2.07. The molecule has 0 radical (unpaired) electrons. The summed E-state index contributed by atoms with van der Waals surface area (Å²) in [6, 6.07) is 14.7. The number of H-pyrrole nitrogens is 1. The van der Waals surface area contributed by atoms with E-state index in [1.165, 1.54) is 0 Å². The van der Waals surface area contributed by atoms with E-state index in [0.29, 0.717) is 27.8 Å². The second-order valence-electron chi connectivity index (χ2n) is 5.96. The van der Waals surface area contributed by atoms with E-state index >= 15 is 0 Å². The molecule has 2 aromatic carbocycles. The minimum atomic E-state index is -2.90. The fraction of sp³-hybridized carbons (Fsp3) is 0.0556. The first-order valence-electron chi connectivity index (χ1n) is 8.27. The van der Waals surface area contributed by atoms with E-state index < -0.39 is 10.9 Å². The van der Waals surface area contributed by atoms with Crippen LogP contribution in [-0.2, 0) is 10.9 Å². The highest BCUT2D eigenvalue weighted by Gasteiger charge is 2.16. The van der Waals surface area contributed by atoms with Crippen LogP contribution in [0.3, 0.4) is 0 Å². The van der Waals surface area contributed by atoms with E-state index in [9.17, 15) is 8.42 Å². The molecule has 142 valence electrons. The SMILES string of the molecule is Cc1c(Nc2n[nH]c3ccccc23)nc(-c2ccccc2Cl)nc1N[SH](=O)=O. The number of halogens is 1. The molecule has 0 atom stereocenters. The molecule has 0 saturated carbocycles. The van der Waals surface area contributed by atoms with Crippen molar-refractivity contribution in [3.63, 3.8) is 0 Å². The summed E-state index contributed by atoms with van der Waals surface area (Å²) in [5, 5.41) is 11.7. The molecule has 2 aromatic heterocycles. The highest BCUT2D eigenvalue weighted by molar-refractivity contribution is 7.73. The maximum absolute atomic E-state index is 11.2. The summed E-state index contributed by atoms with van der Waals surface area (Å²) >= 11 is 6.27. The van der Waals surface area contributed by atoms with E-state index in [1.807, 2.05) is 24.3 Å². The molecule has 0 aliphatic carbocycles. The number of nitrogens with zero attached hydrogens (tertiary/aromatic N) is 3. The van der Waals surface area contributed by atoms with Crippen LogP contribution in [0.25, 0.3) is 22.3 Å². The maximum atomic E-state index is 11.2. The van der Waals surface area contributed by atoms with Gasteiger partial charge in [0.25, 0.3) is 0 Å². The zero-order valence-corrected chi connectivity index (χ0v) is 16.3. The van der Waals surface area contributed by atoms with Gasteiger partial charge in [0, 0.05) is 16.5 Å². The number of para-hydroxylation sites is 1. The quantitative estimate of drug-likeness (QED) is 0.371. The van der Waals surface area contributed by atoms with Crippen molar-refractivity contribution in [2.24, 2.45) is 0 Å². The smallest absolute Gasteiger partial charge is 0.223 e. The van der Waals surface area contributed by atoms with Crippen molar-refractivity contribution in [3.05, 3.63) is 59.1 Å². The number of nitrogens with one attached hydrogen (secondary N) is 3. The minimum absolute atomic E-state index is 0.170. The third-order valence-corrected chi connectivity index (χ3v) is 4.89. The number of benzene rings is 2. The summed E-state index contributed by atoms with van der Waals surface area (Å²) in [4.78, 5) is 8.89. The molecular weight excluding hydrogens is 400 g/mol. The van der Waals surface area contributed by atoms with Crippen LogP contribution < -0.4 is 10.0 Å². The van der Waals surface area contributed by atoms with Gasteiger partial charge < -0.3 is 5.32 Å². The summed E-state index contributed by atoms with van der Waals surface area (Å²) in [6.07, 6.45) is 0. The molecule has 3 N–H and O–H groups in total. The van der Waals surface area contributed by atoms with Crippen LogP contribution in [0.15, 0.2) is 48.5 Å². The predicted octanol–water partition coefficient (Wildman–Crippen LogP) is 3.66. The van der Waals surface area contributed by atoms with Gasteiger partial charge in [-0.25, -0.2) is 18.4 Å². The summed E-state index contributed by atoms with van der Waals surface area (Å²) in [6.45, 7) is 1.72. The molecule has 2 heterocycles. The second-order valence-corrected chi connectivity index (χ2v) is 7.11. The monoisotopic (exact) mass is 414 g/mol. The number of rotatable bonds is 5. The average Bonchev–Trinajstić information content (AvgIpc) is 3.08. The Morgan fingerprint density at radius 3 is 2.46 bits per heavy atom. The Morgan fingerprint density at radius 2 is 1.68 bits per heavy atom. The van der Waals surface area contributed by atoms with Gasteiger partial charge in [-0.05, 0) is 31.2 Å². The van der Waals surface area contributed by atoms with Crippen molar-refractivity contribution in [3.8, 4) is 11.4 Å². The first kappa shape index (κ1) is 18.2. The molecule has 10 heteroatoms. The molecule has 0 aliphatic rings. The van der Waals surface area contributed by atoms with Crippen LogP contribution in [-0.4, -0.2) is 28.6 Å². The van der Waals surface area contributed by atoms with Gasteiger partial charge >= 0.3 is 0 Å². The number of fused-ring (bicyclic) bond motifs is 1. The van der Waals surface area contributed by atoms with Crippen LogP contribution in [0, 0.1) is 6.92 Å². The van der Waals surface area contributed by atoms with E-state index in [1.54, 1.807) is 31.2 Å². The zero-order chi connectivity index (χ0) is 19.7. The van der Waals surface area contributed by atoms with Crippen molar-refractivity contribution in [2.45, 2.75) is 6.92 Å². The molecule has 0 spiro atoms. The Bertz CT molecular complexity index is 1250. The topological polar surface area (TPSA) is 113 Å². The second kappa shape index (κ2) is 7.45. The van der Waals surface area contributed by atoms with Crippen molar-refractivity contribution >= 4 is 50.8 Å². The molecule has 4 rings (SSSR count). The lowest BCUT2D eigenvalue weighted by molar-refractivity contribution is 0.618. The van der Waals surface area contributed by atoms with E-state index in [0.717, 1.165) is 10.9 Å². The van der Waals surface area contributed by atoms with Crippen LogP contribution in [0.4, 0.5) is 17.5 Å². The van der Waals surface area contributed by atoms with Gasteiger partial charge in [0.15, 0.2) is 11.6 Å². The van der Waals surface area contributed by atoms with Gasteiger partial charge in [0.05, 0.1) is 10.5 Å². The highest BCUT2D eigenvalue weighted by atomic mass is 35.5. The lowest BCUT2D eigenvalue weighted by Gasteiger charge is -2.13. The summed E-state index contributed by atoms with van der Waals surface area (Å²) in [5.41, 5.74) is 1.98. The van der Waals surface area contributed by atoms with Crippen molar-refractivity contribution in [1.82, 2.24) is 20.2 Å². The number of aromatic nitrogens is 4. The third kappa shape index (κ3) is 3.49. The van der Waals surface area contributed by atoms with Crippen molar-refractivity contribution in [1.29, 1.82) is 0 Å². The predicted molar refractivity (Wildman–Crippen MR) is 111 cm³/mol. The molecular formula is C18H15ClN6O2S. The molecule has 28 heavy (non-hydrogen) atoms. The molecule has 0 fully saturated rings. The molecule has 0 amide bonds. The summed E-state index contributed by atoms with van der Waals surface area (Å²) < 4.78 is 24.8. The molecule has 0 unspecified atom stereocenters. The van der Waals surface area contributed by atoms with Crippen LogP contribution in [0.1, 0.15) is 5.56 Å². The van der Waals surface area contributed by atoms with Gasteiger partial charge in [0.2, 0.25) is 10.9 Å². The Labute approximate surface area is 167 Å².